The lowest BCUT2D eigenvalue weighted by molar-refractivity contribution is -0.120. The van der Waals surface area contributed by atoms with Gasteiger partial charge in [-0.1, -0.05) is 0 Å². The minimum Gasteiger partial charge on any atom is -0.388 e. The first kappa shape index (κ1) is 29.9. The second kappa shape index (κ2) is 11.4. The van der Waals surface area contributed by atoms with Crippen LogP contribution in [0.2, 0.25) is 0 Å². The van der Waals surface area contributed by atoms with Crippen molar-refractivity contribution in [2.75, 3.05) is 18.9 Å². The zero-order chi connectivity index (χ0) is 28.7. The molecule has 0 spiro atoms. The van der Waals surface area contributed by atoms with Gasteiger partial charge in [-0.2, -0.15) is 4.31 Å². The molecule has 21 heteroatoms. The highest BCUT2D eigenvalue weighted by Crippen LogP contribution is 2.60. The number of carbonyl (C=O) groups excluding carboxylic acids is 1. The van der Waals surface area contributed by atoms with Crippen LogP contribution >= 0.6 is 15.6 Å². The van der Waals surface area contributed by atoms with Crippen molar-refractivity contribution in [3.05, 3.63) is 12.7 Å². The second-order valence-electron chi connectivity index (χ2n) is 8.84. The molecule has 2 aliphatic heterocycles. The Labute approximate surface area is 220 Å². The lowest BCUT2D eigenvalue weighted by Gasteiger charge is -2.21. The molecule has 0 aliphatic carbocycles. The molecule has 1 amide bonds. The van der Waals surface area contributed by atoms with Gasteiger partial charge in [0.1, 0.15) is 42.4 Å². The first-order valence-corrected chi connectivity index (χ1v) is 14.4. The number of phosphoric acid groups is 2. The summed E-state index contributed by atoms with van der Waals surface area (Å²) in [6.07, 6.45) is -6.56. The largest absolute Gasteiger partial charge is 0.481 e. The van der Waals surface area contributed by atoms with Gasteiger partial charge >= 0.3 is 15.6 Å². The highest BCUT2D eigenvalue weighted by Gasteiger charge is 2.47. The first-order chi connectivity index (χ1) is 18.2. The van der Waals surface area contributed by atoms with Gasteiger partial charge in [-0.3, -0.25) is 18.4 Å². The van der Waals surface area contributed by atoms with Crippen LogP contribution in [0.3, 0.4) is 0 Å². The molecule has 218 valence electrons. The number of rotatable bonds is 10. The fourth-order valence-electron chi connectivity index (χ4n) is 4.19. The molecule has 39 heavy (non-hydrogen) atoms. The summed E-state index contributed by atoms with van der Waals surface area (Å²) in [6.45, 7) is 1.19. The molecule has 2 aliphatic rings. The number of aliphatic hydroxyl groups excluding tert-OH is 3. The van der Waals surface area contributed by atoms with E-state index >= 15 is 0 Å². The van der Waals surface area contributed by atoms with Crippen LogP contribution in [0.4, 0.5) is 5.82 Å². The van der Waals surface area contributed by atoms with Gasteiger partial charge in [0.25, 0.3) is 0 Å². The molecule has 2 saturated heterocycles. The molecule has 0 saturated carbocycles. The van der Waals surface area contributed by atoms with Crippen molar-refractivity contribution in [1.29, 1.82) is 0 Å². The number of nitrogens with two attached hydrogens (primary N) is 1. The molecule has 19 nitrogen and oxygen atoms in total. The maximum Gasteiger partial charge on any atom is 0.481 e. The topological polar surface area (TPSA) is 280 Å². The lowest BCUT2D eigenvalue weighted by atomic mass is 10.1. The monoisotopic (exact) mass is 598 g/mol. The van der Waals surface area contributed by atoms with Crippen molar-refractivity contribution in [1.82, 2.24) is 24.8 Å². The van der Waals surface area contributed by atoms with Crippen LogP contribution in [0, 0.1) is 0 Å². The third-order valence-corrected chi connectivity index (χ3v) is 8.62. The molecular formula is C18H28N6O13P2. The summed E-state index contributed by atoms with van der Waals surface area (Å²) in [7, 11) is -10.5. The van der Waals surface area contributed by atoms with E-state index in [1.165, 1.54) is 17.8 Å². The normalized spacial score (nSPS) is 34.1. The number of nitrogens with one attached hydrogen (secondary N) is 1. The van der Waals surface area contributed by atoms with Crippen LogP contribution in [0.15, 0.2) is 12.7 Å². The van der Waals surface area contributed by atoms with Gasteiger partial charge in [-0.25, -0.2) is 24.1 Å². The molecule has 0 bridgehead atoms. The van der Waals surface area contributed by atoms with Gasteiger partial charge in [0.2, 0.25) is 5.91 Å². The molecule has 4 rings (SSSR count). The molecule has 4 heterocycles. The number of nitrogens with zero attached hydrogens (tertiary/aromatic N) is 4. The Morgan fingerprint density at radius 2 is 1.67 bits per heavy atom. The number of amides is 1. The molecule has 0 radical (unpaired) electrons. The Kier molecular flexibility index (Phi) is 8.73. The van der Waals surface area contributed by atoms with E-state index in [4.69, 9.17) is 19.7 Å². The van der Waals surface area contributed by atoms with Gasteiger partial charge < -0.3 is 45.6 Å². The van der Waals surface area contributed by atoms with Gasteiger partial charge in [0.15, 0.2) is 17.7 Å². The number of ether oxygens (including phenoxy) is 2. The summed E-state index contributed by atoms with van der Waals surface area (Å²) in [6, 6.07) is -0.815. The number of imidazole rings is 1. The smallest absolute Gasteiger partial charge is 0.388 e. The van der Waals surface area contributed by atoms with Crippen LogP contribution in [0.25, 0.3) is 11.2 Å². The van der Waals surface area contributed by atoms with Crippen molar-refractivity contribution in [2.45, 2.75) is 62.7 Å². The van der Waals surface area contributed by atoms with Crippen LogP contribution < -0.4 is 11.1 Å². The highest BCUT2D eigenvalue weighted by molar-refractivity contribution is 7.61. The number of hydrogen-bond donors (Lipinski definition) is 7. The number of hydrogen-bond acceptors (Lipinski definition) is 15. The van der Waals surface area contributed by atoms with Gasteiger partial charge in [-0.05, 0) is 6.92 Å². The Morgan fingerprint density at radius 3 is 2.28 bits per heavy atom. The Bertz CT molecular complexity index is 1300. The Balaban J connectivity index is 1.32. The number of fused-ring (bicyclic) bond motifs is 1. The number of anilines is 1. The van der Waals surface area contributed by atoms with E-state index in [2.05, 4.69) is 29.1 Å². The molecule has 2 fully saturated rings. The number of phosphoric ester groups is 2. The third-order valence-electron chi connectivity index (χ3n) is 6.02. The van der Waals surface area contributed by atoms with Crippen molar-refractivity contribution in [2.24, 2.45) is 0 Å². The SMILES string of the molecule is CC(=O)NC1C(C)O[C@H](COP(=O)(O)OP(=O)(O)OC[C@@H]2O[C@H](n3cnc4c(N)ncnc43)C(O)C2O)[C@@H]1O. The number of nitrogen functional groups attached to an aromatic ring is 1. The molecule has 0 aromatic carbocycles. The van der Waals surface area contributed by atoms with Crippen molar-refractivity contribution >= 4 is 38.5 Å². The van der Waals surface area contributed by atoms with Crippen LogP contribution in [-0.4, -0.2) is 106 Å². The Morgan fingerprint density at radius 1 is 1.05 bits per heavy atom. The number of carbonyl (C=O) groups is 1. The van der Waals surface area contributed by atoms with Crippen molar-refractivity contribution in [3.63, 3.8) is 0 Å². The average molecular weight is 598 g/mol. The van der Waals surface area contributed by atoms with Crippen molar-refractivity contribution < 1.29 is 61.9 Å². The molecule has 6 unspecified atom stereocenters. The molecule has 10 atom stereocenters. The van der Waals surface area contributed by atoms with E-state index in [1.54, 1.807) is 6.92 Å². The van der Waals surface area contributed by atoms with Crippen LogP contribution in [0.1, 0.15) is 20.1 Å². The van der Waals surface area contributed by atoms with Gasteiger partial charge in [0, 0.05) is 6.92 Å². The summed E-state index contributed by atoms with van der Waals surface area (Å²) in [5, 5.41) is 33.6. The fourth-order valence-corrected chi connectivity index (χ4v) is 6.28. The third kappa shape index (κ3) is 6.62. The molecule has 2 aromatic rings. The van der Waals surface area contributed by atoms with Crippen LogP contribution in [0.5, 0.6) is 0 Å². The van der Waals surface area contributed by atoms with E-state index in [-0.39, 0.29) is 17.0 Å². The maximum atomic E-state index is 12.3. The summed E-state index contributed by atoms with van der Waals surface area (Å²) >= 11 is 0. The minimum absolute atomic E-state index is 0.0664. The summed E-state index contributed by atoms with van der Waals surface area (Å²) < 4.78 is 50.4. The quantitative estimate of drug-likeness (QED) is 0.145. The minimum atomic E-state index is -5.29. The summed E-state index contributed by atoms with van der Waals surface area (Å²) in [5.41, 5.74) is 6.13. The number of aromatic nitrogens is 4. The predicted molar refractivity (Wildman–Crippen MR) is 126 cm³/mol. The van der Waals surface area contributed by atoms with Gasteiger partial charge in [-0.15, -0.1) is 0 Å². The zero-order valence-corrected chi connectivity index (χ0v) is 22.2. The Hall–Kier alpha value is -2.12. The molecule has 8 N–H and O–H groups in total. The molecular weight excluding hydrogens is 570 g/mol. The van der Waals surface area contributed by atoms with E-state index in [0.29, 0.717) is 0 Å². The molecule has 2 aromatic heterocycles. The standard InChI is InChI=1S/C18H28N6O13P2/c1-7-11(23-8(2)25)13(26)9(35-7)3-33-38(29,30)37-39(31,32)34-4-10-14(27)15(28)18(36-10)24-6-22-12-16(19)20-5-21-17(12)24/h5-7,9-11,13-15,18,26-28H,3-4H2,1-2H3,(H,23,25)(H,29,30)(H,31,32)(H2,19,20,21)/t7?,9-,10+,11?,13+,14?,15?,18+/m1/s1. The van der Waals surface area contributed by atoms with E-state index in [9.17, 15) is 39.0 Å². The highest BCUT2D eigenvalue weighted by atomic mass is 31.3. The first-order valence-electron chi connectivity index (χ1n) is 11.4. The summed E-state index contributed by atoms with van der Waals surface area (Å²) in [5.74, 6) is -0.366. The number of aliphatic hydroxyl groups is 3. The maximum absolute atomic E-state index is 12.3. The predicted octanol–water partition coefficient (Wildman–Crippen LogP) is -2.07. The fraction of sp³-hybridized carbons (Fsp3) is 0.667. The van der Waals surface area contributed by atoms with Gasteiger partial charge in [0.05, 0.1) is 31.7 Å². The zero-order valence-electron chi connectivity index (χ0n) is 20.5. The van der Waals surface area contributed by atoms with Crippen LogP contribution in [-0.2, 0) is 36.8 Å². The van der Waals surface area contributed by atoms with Crippen molar-refractivity contribution in [3.8, 4) is 0 Å². The van der Waals surface area contributed by atoms with E-state index in [0.717, 1.165) is 6.33 Å². The average Bonchev–Trinajstić information content (AvgIpc) is 3.47. The lowest BCUT2D eigenvalue weighted by Crippen LogP contribution is -2.46. The van der Waals surface area contributed by atoms with E-state index < -0.39 is 83.7 Å². The van der Waals surface area contributed by atoms with E-state index in [1.807, 2.05) is 0 Å². The summed E-state index contributed by atoms with van der Waals surface area (Å²) in [4.78, 5) is 42.9. The second-order valence-corrected chi connectivity index (χ2v) is 11.9.